The van der Waals surface area contributed by atoms with Gasteiger partial charge in [0, 0.05) is 12.1 Å². The SMILES string of the molecule is Cc1cc(S(=O)(=O)NC(C)(C)CN)cc(C)c1F. The normalized spacial score (nSPS) is 12.8. The Labute approximate surface area is 107 Å². The zero-order chi connectivity index (χ0) is 14.1. The first-order valence-electron chi connectivity index (χ1n) is 5.60. The van der Waals surface area contributed by atoms with Crippen molar-refractivity contribution in [2.24, 2.45) is 5.73 Å². The van der Waals surface area contributed by atoms with Crippen molar-refractivity contribution in [1.29, 1.82) is 0 Å². The Kier molecular flexibility index (Phi) is 4.15. The molecule has 0 unspecified atom stereocenters. The van der Waals surface area contributed by atoms with Gasteiger partial charge < -0.3 is 5.73 Å². The van der Waals surface area contributed by atoms with Crippen LogP contribution in [0.3, 0.4) is 0 Å². The fourth-order valence-corrected chi connectivity index (χ4v) is 3.12. The largest absolute Gasteiger partial charge is 0.329 e. The van der Waals surface area contributed by atoms with E-state index in [4.69, 9.17) is 5.73 Å². The standard InChI is InChI=1S/C12H19FN2O2S/c1-8-5-10(6-9(2)11(8)13)18(16,17)15-12(3,4)7-14/h5-6,15H,7,14H2,1-4H3. The van der Waals surface area contributed by atoms with Crippen molar-refractivity contribution in [1.82, 2.24) is 4.72 Å². The quantitative estimate of drug-likeness (QED) is 0.873. The van der Waals surface area contributed by atoms with Crippen LogP contribution in [0.5, 0.6) is 0 Å². The molecule has 0 aliphatic rings. The summed E-state index contributed by atoms with van der Waals surface area (Å²) in [4.78, 5) is 0.0559. The van der Waals surface area contributed by atoms with E-state index in [1.807, 2.05) is 0 Å². The Balaban J connectivity index is 3.22. The summed E-state index contributed by atoms with van der Waals surface area (Å²) in [7, 11) is -3.69. The molecule has 0 saturated carbocycles. The average molecular weight is 274 g/mol. The van der Waals surface area contributed by atoms with Crippen LogP contribution in [0.25, 0.3) is 0 Å². The number of hydrogen-bond acceptors (Lipinski definition) is 3. The summed E-state index contributed by atoms with van der Waals surface area (Å²) in [5, 5.41) is 0. The maximum atomic E-state index is 13.5. The van der Waals surface area contributed by atoms with Gasteiger partial charge in [-0.15, -0.1) is 0 Å². The Morgan fingerprint density at radius 2 is 1.72 bits per heavy atom. The van der Waals surface area contributed by atoms with Gasteiger partial charge in [-0.25, -0.2) is 17.5 Å². The van der Waals surface area contributed by atoms with E-state index < -0.39 is 15.6 Å². The van der Waals surface area contributed by atoms with Crippen molar-refractivity contribution in [3.05, 3.63) is 29.1 Å². The fraction of sp³-hybridized carbons (Fsp3) is 0.500. The van der Waals surface area contributed by atoms with Gasteiger partial charge in [-0.2, -0.15) is 0 Å². The molecule has 1 aromatic carbocycles. The molecule has 0 fully saturated rings. The van der Waals surface area contributed by atoms with Crippen LogP contribution in [-0.4, -0.2) is 20.5 Å². The topological polar surface area (TPSA) is 72.2 Å². The van der Waals surface area contributed by atoms with Crippen LogP contribution in [0.15, 0.2) is 17.0 Å². The molecular formula is C12H19FN2O2S. The number of sulfonamides is 1. The van der Waals surface area contributed by atoms with Gasteiger partial charge in [0.15, 0.2) is 0 Å². The molecule has 0 heterocycles. The molecule has 0 aliphatic heterocycles. The van der Waals surface area contributed by atoms with Crippen LogP contribution in [0.1, 0.15) is 25.0 Å². The van der Waals surface area contributed by atoms with Crippen molar-refractivity contribution >= 4 is 10.0 Å². The number of halogens is 1. The van der Waals surface area contributed by atoms with Crippen molar-refractivity contribution in [3.8, 4) is 0 Å². The van der Waals surface area contributed by atoms with Crippen molar-refractivity contribution in [2.45, 2.75) is 38.1 Å². The summed E-state index contributed by atoms with van der Waals surface area (Å²) in [5.74, 6) is -0.382. The molecule has 0 spiro atoms. The summed E-state index contributed by atoms with van der Waals surface area (Å²) in [6.45, 7) is 6.62. The van der Waals surface area contributed by atoms with Crippen LogP contribution < -0.4 is 10.5 Å². The van der Waals surface area contributed by atoms with Crippen molar-refractivity contribution in [2.75, 3.05) is 6.54 Å². The third kappa shape index (κ3) is 3.28. The Morgan fingerprint density at radius 1 is 1.28 bits per heavy atom. The highest BCUT2D eigenvalue weighted by Gasteiger charge is 2.25. The molecule has 6 heteroatoms. The lowest BCUT2D eigenvalue weighted by Crippen LogP contribution is -2.48. The van der Waals surface area contributed by atoms with Gasteiger partial charge in [0.05, 0.1) is 4.90 Å². The minimum absolute atomic E-state index is 0.0559. The molecule has 0 saturated heterocycles. The number of rotatable bonds is 4. The van der Waals surface area contributed by atoms with Gasteiger partial charge in [-0.1, -0.05) is 0 Å². The molecule has 102 valence electrons. The molecule has 1 aromatic rings. The molecule has 3 N–H and O–H groups in total. The first-order chi connectivity index (χ1) is 8.09. The van der Waals surface area contributed by atoms with E-state index in [2.05, 4.69) is 4.72 Å². The summed E-state index contributed by atoms with van der Waals surface area (Å²) >= 11 is 0. The van der Waals surface area contributed by atoms with E-state index in [1.54, 1.807) is 13.8 Å². The highest BCUT2D eigenvalue weighted by atomic mass is 32.2. The lowest BCUT2D eigenvalue weighted by Gasteiger charge is -2.24. The summed E-state index contributed by atoms with van der Waals surface area (Å²) in [5.41, 5.74) is 5.36. The molecule has 0 aromatic heterocycles. The summed E-state index contributed by atoms with van der Waals surface area (Å²) in [6, 6.07) is 2.63. The summed E-state index contributed by atoms with van der Waals surface area (Å²) < 4.78 is 40.2. The van der Waals surface area contributed by atoms with Crippen LogP contribution in [0.4, 0.5) is 4.39 Å². The second kappa shape index (κ2) is 4.95. The molecule has 1 rings (SSSR count). The third-order valence-electron chi connectivity index (χ3n) is 2.64. The third-order valence-corrected chi connectivity index (χ3v) is 4.32. The first kappa shape index (κ1) is 15.1. The van der Waals surface area contributed by atoms with Crippen LogP contribution in [0, 0.1) is 19.7 Å². The molecule has 4 nitrogen and oxygen atoms in total. The average Bonchev–Trinajstić information content (AvgIpc) is 2.23. The maximum absolute atomic E-state index is 13.5. The predicted molar refractivity (Wildman–Crippen MR) is 69.3 cm³/mol. The van der Waals surface area contributed by atoms with Crippen LogP contribution in [-0.2, 0) is 10.0 Å². The molecule has 0 atom stereocenters. The van der Waals surface area contributed by atoms with Crippen molar-refractivity contribution in [3.63, 3.8) is 0 Å². The highest BCUT2D eigenvalue weighted by Crippen LogP contribution is 2.19. The van der Waals surface area contributed by atoms with Crippen molar-refractivity contribution < 1.29 is 12.8 Å². The zero-order valence-corrected chi connectivity index (χ0v) is 11.9. The molecule has 0 bridgehead atoms. The second-order valence-electron chi connectivity index (χ2n) is 5.06. The molecule has 0 radical (unpaired) electrons. The number of aryl methyl sites for hydroxylation is 2. The minimum atomic E-state index is -3.69. The van der Waals surface area contributed by atoms with Gasteiger partial charge in [-0.05, 0) is 51.0 Å². The van der Waals surface area contributed by atoms with E-state index >= 15 is 0 Å². The molecule has 0 amide bonds. The van der Waals surface area contributed by atoms with Gasteiger partial charge in [0.2, 0.25) is 10.0 Å². The Hall–Kier alpha value is -0.980. The predicted octanol–water partition coefficient (Wildman–Crippen LogP) is 1.46. The Bertz CT molecular complexity index is 530. The van der Waals surface area contributed by atoms with Gasteiger partial charge >= 0.3 is 0 Å². The molecular weight excluding hydrogens is 255 g/mol. The van der Waals surface area contributed by atoms with E-state index in [0.29, 0.717) is 11.1 Å². The van der Waals surface area contributed by atoms with Crippen LogP contribution >= 0.6 is 0 Å². The maximum Gasteiger partial charge on any atom is 0.241 e. The van der Waals surface area contributed by atoms with Crippen LogP contribution in [0.2, 0.25) is 0 Å². The number of nitrogens with one attached hydrogen (secondary N) is 1. The summed E-state index contributed by atoms with van der Waals surface area (Å²) in [6.07, 6.45) is 0. The first-order valence-corrected chi connectivity index (χ1v) is 7.08. The Morgan fingerprint density at radius 3 is 2.11 bits per heavy atom. The van der Waals surface area contributed by atoms with E-state index in [-0.39, 0.29) is 17.3 Å². The zero-order valence-electron chi connectivity index (χ0n) is 11.0. The lowest BCUT2D eigenvalue weighted by molar-refractivity contribution is 0.462. The molecule has 18 heavy (non-hydrogen) atoms. The molecule has 0 aliphatic carbocycles. The van der Waals surface area contributed by atoms with E-state index in [1.165, 1.54) is 26.0 Å². The van der Waals surface area contributed by atoms with Gasteiger partial charge in [-0.3, -0.25) is 0 Å². The van der Waals surface area contributed by atoms with Gasteiger partial charge in [0.25, 0.3) is 0 Å². The number of hydrogen-bond donors (Lipinski definition) is 2. The lowest BCUT2D eigenvalue weighted by atomic mass is 10.1. The number of nitrogens with two attached hydrogens (primary N) is 1. The second-order valence-corrected chi connectivity index (χ2v) is 6.75. The smallest absolute Gasteiger partial charge is 0.241 e. The van der Waals surface area contributed by atoms with Gasteiger partial charge in [0.1, 0.15) is 5.82 Å². The van der Waals surface area contributed by atoms with E-state index in [9.17, 15) is 12.8 Å². The monoisotopic (exact) mass is 274 g/mol. The minimum Gasteiger partial charge on any atom is -0.329 e. The van der Waals surface area contributed by atoms with E-state index in [0.717, 1.165) is 0 Å². The highest BCUT2D eigenvalue weighted by molar-refractivity contribution is 7.89. The number of benzene rings is 1. The fourth-order valence-electron chi connectivity index (χ4n) is 1.53.